The molecule has 9 heteroatoms. The van der Waals surface area contributed by atoms with Crippen LogP contribution in [0.1, 0.15) is 18.0 Å². The first-order valence-electron chi connectivity index (χ1n) is 7.76. The average Bonchev–Trinajstić information content (AvgIpc) is 3.05. The molecule has 0 bridgehead atoms. The first kappa shape index (κ1) is 17.4. The van der Waals surface area contributed by atoms with E-state index in [-0.39, 0.29) is 11.5 Å². The van der Waals surface area contributed by atoms with E-state index in [1.807, 2.05) is 42.7 Å². The van der Waals surface area contributed by atoms with Crippen LogP contribution in [0.25, 0.3) is 11.3 Å². The zero-order valence-electron chi connectivity index (χ0n) is 13.9. The average molecular weight is 450 g/mol. The van der Waals surface area contributed by atoms with Crippen LogP contribution in [-0.4, -0.2) is 22.2 Å². The second-order valence-corrected chi connectivity index (χ2v) is 8.97. The molecule has 4 rings (SSSR count). The summed E-state index contributed by atoms with van der Waals surface area (Å²) in [5, 5.41) is 5.11. The second kappa shape index (κ2) is 6.64. The van der Waals surface area contributed by atoms with Crippen molar-refractivity contribution in [3.8, 4) is 11.3 Å². The van der Waals surface area contributed by atoms with Gasteiger partial charge in [0.2, 0.25) is 11.1 Å². The molecule has 0 unspecified atom stereocenters. The number of carbonyl (C=O) groups is 1. The van der Waals surface area contributed by atoms with E-state index in [1.54, 1.807) is 9.58 Å². The lowest BCUT2D eigenvalue weighted by molar-refractivity contribution is -0.762. The van der Waals surface area contributed by atoms with Gasteiger partial charge >= 0.3 is 17.4 Å². The number of para-hydroxylation sites is 1. The van der Waals surface area contributed by atoms with E-state index in [1.165, 1.54) is 30.0 Å². The van der Waals surface area contributed by atoms with E-state index in [0.717, 1.165) is 8.66 Å². The SMILES string of the molecule is CSc1n[n+]2c(c(=O)[nH]1)-c1ccccc1N(C(C)=O)[C@@H]2c1ccc(Br)s1. The van der Waals surface area contributed by atoms with E-state index in [0.29, 0.717) is 22.1 Å². The van der Waals surface area contributed by atoms with Crippen molar-refractivity contribution in [2.75, 3.05) is 11.2 Å². The van der Waals surface area contributed by atoms with E-state index in [4.69, 9.17) is 0 Å². The maximum absolute atomic E-state index is 12.8. The molecule has 1 aliphatic rings. The molecule has 0 radical (unpaired) electrons. The number of nitrogens with zero attached hydrogens (tertiary/aromatic N) is 3. The van der Waals surface area contributed by atoms with Crippen molar-refractivity contribution in [1.29, 1.82) is 0 Å². The highest BCUT2D eigenvalue weighted by molar-refractivity contribution is 9.11. The van der Waals surface area contributed by atoms with Gasteiger partial charge in [0, 0.05) is 12.0 Å². The monoisotopic (exact) mass is 449 g/mol. The summed E-state index contributed by atoms with van der Waals surface area (Å²) >= 11 is 6.35. The summed E-state index contributed by atoms with van der Waals surface area (Å²) in [4.78, 5) is 30.8. The summed E-state index contributed by atoms with van der Waals surface area (Å²) in [7, 11) is 0. The van der Waals surface area contributed by atoms with Crippen molar-refractivity contribution < 1.29 is 9.48 Å². The number of thioether (sulfide) groups is 1. The van der Waals surface area contributed by atoms with Crippen LogP contribution in [0.2, 0.25) is 0 Å². The molecule has 0 aliphatic carbocycles. The van der Waals surface area contributed by atoms with Crippen molar-refractivity contribution in [2.45, 2.75) is 18.2 Å². The van der Waals surface area contributed by atoms with E-state index in [9.17, 15) is 9.59 Å². The normalized spacial score (nSPS) is 15.5. The maximum Gasteiger partial charge on any atom is 0.325 e. The van der Waals surface area contributed by atoms with Crippen molar-refractivity contribution in [3.63, 3.8) is 0 Å². The van der Waals surface area contributed by atoms with Crippen molar-refractivity contribution in [3.05, 3.63) is 55.4 Å². The second-order valence-electron chi connectivity index (χ2n) is 5.68. The maximum atomic E-state index is 12.8. The van der Waals surface area contributed by atoms with Crippen molar-refractivity contribution >= 4 is 50.6 Å². The molecule has 26 heavy (non-hydrogen) atoms. The highest BCUT2D eigenvalue weighted by atomic mass is 79.9. The van der Waals surface area contributed by atoms with Gasteiger partial charge in [-0.1, -0.05) is 23.9 Å². The van der Waals surface area contributed by atoms with Crippen LogP contribution in [0.4, 0.5) is 5.69 Å². The summed E-state index contributed by atoms with van der Waals surface area (Å²) in [5.74, 6) is -0.113. The molecule has 1 atom stereocenters. The fourth-order valence-electron chi connectivity index (χ4n) is 3.13. The topological polar surface area (TPSA) is 69.9 Å². The Labute approximate surface area is 166 Å². The number of benzene rings is 1. The minimum Gasteiger partial charge on any atom is -0.291 e. The molecular weight excluding hydrogens is 436 g/mol. The van der Waals surface area contributed by atoms with Gasteiger partial charge in [-0.3, -0.25) is 14.6 Å². The number of H-pyrrole nitrogens is 1. The van der Waals surface area contributed by atoms with Gasteiger partial charge in [0.1, 0.15) is 0 Å². The number of hydrogen-bond donors (Lipinski definition) is 1. The number of thiophene rings is 1. The first-order chi connectivity index (χ1) is 12.5. The molecule has 0 spiro atoms. The number of aromatic nitrogens is 3. The lowest BCUT2D eigenvalue weighted by Crippen LogP contribution is -2.60. The van der Waals surface area contributed by atoms with E-state index < -0.39 is 6.17 Å². The van der Waals surface area contributed by atoms with Crippen molar-refractivity contribution in [2.24, 2.45) is 0 Å². The zero-order valence-corrected chi connectivity index (χ0v) is 17.1. The van der Waals surface area contributed by atoms with Gasteiger partial charge in [-0.15, -0.1) is 11.3 Å². The summed E-state index contributed by atoms with van der Waals surface area (Å²) < 4.78 is 2.61. The van der Waals surface area contributed by atoms with Gasteiger partial charge in [0.25, 0.3) is 0 Å². The molecule has 0 fully saturated rings. The number of fused-ring (bicyclic) bond motifs is 3. The van der Waals surface area contributed by atoms with Crippen LogP contribution >= 0.6 is 39.0 Å². The molecule has 3 heterocycles. The third-order valence-corrected chi connectivity index (χ3v) is 6.37. The summed E-state index contributed by atoms with van der Waals surface area (Å²) in [5.41, 5.74) is 1.63. The van der Waals surface area contributed by atoms with Gasteiger partial charge in [0.15, 0.2) is 0 Å². The lowest BCUT2D eigenvalue weighted by atomic mass is 10.0. The van der Waals surface area contributed by atoms with Crippen LogP contribution in [0.5, 0.6) is 0 Å². The predicted octanol–water partition coefficient (Wildman–Crippen LogP) is 3.18. The smallest absolute Gasteiger partial charge is 0.291 e. The Balaban J connectivity index is 2.10. The highest BCUT2D eigenvalue weighted by Crippen LogP contribution is 2.39. The third-order valence-electron chi connectivity index (χ3n) is 4.14. The Bertz CT molecular complexity index is 1080. The molecule has 2 aromatic heterocycles. The summed E-state index contributed by atoms with van der Waals surface area (Å²) in [6.45, 7) is 1.53. The molecular formula is C17H14BrN4O2S2+. The molecule has 0 saturated carbocycles. The molecule has 1 N–H and O–H groups in total. The Morgan fingerprint density at radius 2 is 2.12 bits per heavy atom. The number of nitrogens with one attached hydrogen (secondary N) is 1. The number of halogens is 1. The number of aromatic amines is 1. The van der Waals surface area contributed by atoms with Crippen LogP contribution in [0.3, 0.4) is 0 Å². The molecule has 6 nitrogen and oxygen atoms in total. The van der Waals surface area contributed by atoms with Gasteiger partial charge in [-0.2, -0.15) is 0 Å². The van der Waals surface area contributed by atoms with Gasteiger partial charge in [0.05, 0.1) is 19.9 Å². The number of carbonyl (C=O) groups excluding carboxylic acids is 1. The van der Waals surface area contributed by atoms with Gasteiger partial charge < -0.3 is 0 Å². The first-order valence-corrected chi connectivity index (χ1v) is 10.6. The number of anilines is 1. The Hall–Kier alpha value is -1.97. The van der Waals surface area contributed by atoms with Crippen LogP contribution < -0.4 is 15.1 Å². The molecule has 1 aliphatic heterocycles. The predicted molar refractivity (Wildman–Crippen MR) is 106 cm³/mol. The fourth-order valence-corrected chi connectivity index (χ4v) is 4.99. The van der Waals surface area contributed by atoms with E-state index >= 15 is 0 Å². The summed E-state index contributed by atoms with van der Waals surface area (Å²) in [6.07, 6.45) is 1.34. The van der Waals surface area contributed by atoms with Crippen LogP contribution in [0, 0.1) is 0 Å². The minimum absolute atomic E-state index is 0.113. The number of amides is 1. The van der Waals surface area contributed by atoms with Crippen molar-refractivity contribution in [1.82, 2.24) is 10.1 Å². The molecule has 0 saturated heterocycles. The fraction of sp³-hybridized carbons (Fsp3) is 0.176. The Kier molecular flexibility index (Phi) is 4.45. The van der Waals surface area contributed by atoms with E-state index in [2.05, 4.69) is 26.0 Å². The lowest BCUT2D eigenvalue weighted by Gasteiger charge is -2.30. The standard InChI is InChI=1S/C17H13BrN4O2S2/c1-9(23)21-11-6-4-3-5-10(11)14-15(24)19-17(25-2)20-22(14)16(21)12-7-8-13(18)26-12/h3-8,16H,1-2H3/p+1/t16-/m0/s1. The Morgan fingerprint density at radius 1 is 1.35 bits per heavy atom. The number of hydrogen-bond acceptors (Lipinski definition) is 5. The molecule has 3 aromatic rings. The highest BCUT2D eigenvalue weighted by Gasteiger charge is 2.45. The molecule has 1 amide bonds. The minimum atomic E-state index is -0.512. The quantitative estimate of drug-likeness (QED) is 0.481. The van der Waals surface area contributed by atoms with Crippen LogP contribution in [0.15, 0.2) is 50.1 Å². The summed E-state index contributed by atoms with van der Waals surface area (Å²) in [6, 6.07) is 11.3. The zero-order chi connectivity index (χ0) is 18.4. The van der Waals surface area contributed by atoms with Gasteiger partial charge in [-0.05, 0) is 51.1 Å². The number of rotatable bonds is 2. The Morgan fingerprint density at radius 3 is 2.77 bits per heavy atom. The van der Waals surface area contributed by atoms with Gasteiger partial charge in [-0.25, -0.2) is 4.90 Å². The molecule has 1 aromatic carbocycles. The largest absolute Gasteiger partial charge is 0.325 e. The van der Waals surface area contributed by atoms with Crippen LogP contribution in [-0.2, 0) is 4.79 Å². The third kappa shape index (κ3) is 2.70. The molecule has 132 valence electrons.